The molecule has 0 spiro atoms. The third kappa shape index (κ3) is 4.11. The van der Waals surface area contributed by atoms with Crippen LogP contribution in [0, 0.1) is 0 Å². The van der Waals surface area contributed by atoms with Gasteiger partial charge in [-0.2, -0.15) is 0 Å². The fraction of sp³-hybridized carbons (Fsp3) is 0.353. The molecule has 0 aliphatic carbocycles. The number of aromatic amines is 1. The van der Waals surface area contributed by atoms with Crippen LogP contribution in [0.25, 0.3) is 0 Å². The van der Waals surface area contributed by atoms with Crippen LogP contribution in [0.4, 0.5) is 5.69 Å². The molecule has 1 atom stereocenters. The Bertz CT molecular complexity index is 757. The van der Waals surface area contributed by atoms with Gasteiger partial charge in [-0.1, -0.05) is 11.6 Å². The standard InChI is InChI=1S/C17H19ClN4O3/c18-13-7-11(3-4-15(13)22-5-1-2-6-22)16(23)21-14(17(24)25)8-12-9-19-10-20-12/h3-4,7,9-10,14H,1-2,5-6,8H2,(H,19,20)(H,21,23)(H,24,25)/t14-/m0/s1. The van der Waals surface area contributed by atoms with Gasteiger partial charge >= 0.3 is 5.97 Å². The van der Waals surface area contributed by atoms with Crippen LogP contribution in [0.2, 0.25) is 5.02 Å². The Balaban J connectivity index is 1.70. The summed E-state index contributed by atoms with van der Waals surface area (Å²) in [6.45, 7) is 1.91. The van der Waals surface area contributed by atoms with E-state index < -0.39 is 17.9 Å². The zero-order valence-electron chi connectivity index (χ0n) is 13.5. The first-order valence-corrected chi connectivity index (χ1v) is 8.48. The summed E-state index contributed by atoms with van der Waals surface area (Å²) in [4.78, 5) is 32.7. The molecule has 1 fully saturated rings. The predicted octanol–water partition coefficient (Wildman–Crippen LogP) is 2.09. The van der Waals surface area contributed by atoms with E-state index >= 15 is 0 Å². The van der Waals surface area contributed by atoms with E-state index in [0.29, 0.717) is 16.3 Å². The van der Waals surface area contributed by atoms with Crippen LogP contribution >= 0.6 is 11.6 Å². The zero-order chi connectivity index (χ0) is 17.8. The van der Waals surface area contributed by atoms with Gasteiger partial charge in [0.1, 0.15) is 6.04 Å². The van der Waals surface area contributed by atoms with Gasteiger partial charge in [0, 0.05) is 37.0 Å². The van der Waals surface area contributed by atoms with E-state index in [9.17, 15) is 14.7 Å². The highest BCUT2D eigenvalue weighted by molar-refractivity contribution is 6.33. The molecule has 1 saturated heterocycles. The second-order valence-electron chi connectivity index (χ2n) is 6.01. The van der Waals surface area contributed by atoms with Crippen molar-refractivity contribution in [3.05, 3.63) is 47.0 Å². The smallest absolute Gasteiger partial charge is 0.326 e. The van der Waals surface area contributed by atoms with Crippen LogP contribution in [-0.4, -0.2) is 46.1 Å². The van der Waals surface area contributed by atoms with Gasteiger partial charge in [-0.3, -0.25) is 4.79 Å². The number of aromatic nitrogens is 2. The number of nitrogens with zero attached hydrogens (tertiary/aromatic N) is 2. The highest BCUT2D eigenvalue weighted by Crippen LogP contribution is 2.29. The Labute approximate surface area is 150 Å². The SMILES string of the molecule is O=C(N[C@@H](Cc1cnc[nH]1)C(=O)O)c1ccc(N2CCCC2)c(Cl)c1. The maximum absolute atomic E-state index is 12.4. The largest absolute Gasteiger partial charge is 0.480 e. The Hall–Kier alpha value is -2.54. The van der Waals surface area contributed by atoms with Crippen molar-refractivity contribution in [1.82, 2.24) is 15.3 Å². The summed E-state index contributed by atoms with van der Waals surface area (Å²) in [5.41, 5.74) is 1.88. The number of nitrogens with one attached hydrogen (secondary N) is 2. The molecule has 0 radical (unpaired) electrons. The summed E-state index contributed by atoms with van der Waals surface area (Å²) < 4.78 is 0. The molecule has 1 amide bonds. The molecule has 3 rings (SSSR count). The molecule has 0 saturated carbocycles. The van der Waals surface area contributed by atoms with Gasteiger partial charge in [-0.05, 0) is 31.0 Å². The van der Waals surface area contributed by atoms with E-state index in [1.54, 1.807) is 12.1 Å². The monoisotopic (exact) mass is 362 g/mol. The van der Waals surface area contributed by atoms with Crippen LogP contribution in [-0.2, 0) is 11.2 Å². The number of amides is 1. The number of rotatable bonds is 6. The first-order valence-electron chi connectivity index (χ1n) is 8.10. The van der Waals surface area contributed by atoms with E-state index in [2.05, 4.69) is 20.2 Å². The summed E-state index contributed by atoms with van der Waals surface area (Å²) in [6, 6.07) is 4.02. The Morgan fingerprint density at radius 1 is 1.36 bits per heavy atom. The van der Waals surface area contributed by atoms with Gasteiger partial charge in [0.05, 0.1) is 17.0 Å². The van der Waals surface area contributed by atoms with E-state index in [1.807, 2.05) is 6.07 Å². The highest BCUT2D eigenvalue weighted by atomic mass is 35.5. The molecule has 1 aromatic carbocycles. The minimum Gasteiger partial charge on any atom is -0.480 e. The van der Waals surface area contributed by atoms with Crippen molar-refractivity contribution >= 4 is 29.2 Å². The molecule has 0 unspecified atom stereocenters. The number of anilines is 1. The predicted molar refractivity (Wildman–Crippen MR) is 94.1 cm³/mol. The normalized spacial score (nSPS) is 15.2. The van der Waals surface area contributed by atoms with E-state index in [0.717, 1.165) is 31.6 Å². The molecule has 1 aliphatic heterocycles. The van der Waals surface area contributed by atoms with Crippen molar-refractivity contribution < 1.29 is 14.7 Å². The summed E-state index contributed by atoms with van der Waals surface area (Å²) in [5, 5.41) is 12.4. The first kappa shape index (κ1) is 17.3. The molecular weight excluding hydrogens is 344 g/mol. The number of carboxylic acids is 1. The number of carboxylic acid groups (broad SMARTS) is 1. The van der Waals surface area contributed by atoms with Crippen LogP contribution in [0.5, 0.6) is 0 Å². The van der Waals surface area contributed by atoms with Crippen molar-refractivity contribution in [2.24, 2.45) is 0 Å². The molecule has 8 heteroatoms. The number of carbonyl (C=O) groups is 2. The van der Waals surface area contributed by atoms with Crippen molar-refractivity contribution in [2.75, 3.05) is 18.0 Å². The van der Waals surface area contributed by atoms with Crippen LogP contribution in [0.15, 0.2) is 30.7 Å². The Morgan fingerprint density at radius 3 is 2.72 bits per heavy atom. The van der Waals surface area contributed by atoms with Gasteiger partial charge < -0.3 is 20.3 Å². The maximum Gasteiger partial charge on any atom is 0.326 e. The molecule has 2 heterocycles. The molecule has 132 valence electrons. The lowest BCUT2D eigenvalue weighted by Crippen LogP contribution is -2.42. The van der Waals surface area contributed by atoms with E-state index in [1.165, 1.54) is 12.5 Å². The number of benzene rings is 1. The number of aliphatic carboxylic acids is 1. The van der Waals surface area contributed by atoms with Gasteiger partial charge in [0.2, 0.25) is 0 Å². The number of carbonyl (C=O) groups excluding carboxylic acids is 1. The summed E-state index contributed by atoms with van der Waals surface area (Å²) in [6.07, 6.45) is 5.39. The quantitative estimate of drug-likeness (QED) is 0.730. The first-order chi connectivity index (χ1) is 12.0. The van der Waals surface area contributed by atoms with Gasteiger partial charge in [0.25, 0.3) is 5.91 Å². The second-order valence-corrected chi connectivity index (χ2v) is 6.41. The van der Waals surface area contributed by atoms with Gasteiger partial charge in [-0.25, -0.2) is 9.78 Å². The zero-order valence-corrected chi connectivity index (χ0v) is 14.3. The third-order valence-electron chi connectivity index (χ3n) is 4.24. The van der Waals surface area contributed by atoms with Crippen LogP contribution < -0.4 is 10.2 Å². The number of imidazole rings is 1. The second kappa shape index (κ2) is 7.57. The summed E-state index contributed by atoms with van der Waals surface area (Å²) in [5.74, 6) is -1.58. The molecule has 7 nitrogen and oxygen atoms in total. The summed E-state index contributed by atoms with van der Waals surface area (Å²) >= 11 is 6.32. The fourth-order valence-electron chi connectivity index (χ4n) is 2.92. The Kier molecular flexibility index (Phi) is 5.23. The molecule has 1 aliphatic rings. The number of halogens is 1. The molecule has 1 aromatic heterocycles. The van der Waals surface area contributed by atoms with E-state index in [-0.39, 0.29) is 6.42 Å². The van der Waals surface area contributed by atoms with Crippen LogP contribution in [0.1, 0.15) is 28.9 Å². The third-order valence-corrected chi connectivity index (χ3v) is 4.54. The average molecular weight is 363 g/mol. The topological polar surface area (TPSA) is 98.3 Å². The highest BCUT2D eigenvalue weighted by Gasteiger charge is 2.23. The van der Waals surface area contributed by atoms with Crippen molar-refractivity contribution in [3.8, 4) is 0 Å². The van der Waals surface area contributed by atoms with Crippen LogP contribution in [0.3, 0.4) is 0 Å². The number of hydrogen-bond acceptors (Lipinski definition) is 4. The molecule has 3 N–H and O–H groups in total. The minimum atomic E-state index is -1.11. The lowest BCUT2D eigenvalue weighted by atomic mass is 10.1. The summed E-state index contributed by atoms with van der Waals surface area (Å²) in [7, 11) is 0. The van der Waals surface area contributed by atoms with E-state index in [4.69, 9.17) is 11.6 Å². The van der Waals surface area contributed by atoms with Gasteiger partial charge in [0.15, 0.2) is 0 Å². The lowest BCUT2D eigenvalue weighted by Gasteiger charge is -2.20. The fourth-order valence-corrected chi connectivity index (χ4v) is 3.22. The molecular formula is C17H19ClN4O3. The van der Waals surface area contributed by atoms with Gasteiger partial charge in [-0.15, -0.1) is 0 Å². The van der Waals surface area contributed by atoms with Crippen molar-refractivity contribution in [3.63, 3.8) is 0 Å². The number of H-pyrrole nitrogens is 1. The molecule has 2 aromatic rings. The molecule has 0 bridgehead atoms. The minimum absolute atomic E-state index is 0.126. The maximum atomic E-state index is 12.4. The van der Waals surface area contributed by atoms with Crippen molar-refractivity contribution in [1.29, 1.82) is 0 Å². The molecule has 25 heavy (non-hydrogen) atoms. The van der Waals surface area contributed by atoms with Crippen molar-refractivity contribution in [2.45, 2.75) is 25.3 Å². The lowest BCUT2D eigenvalue weighted by molar-refractivity contribution is -0.139. The Morgan fingerprint density at radius 2 is 2.12 bits per heavy atom. The number of hydrogen-bond donors (Lipinski definition) is 3. The average Bonchev–Trinajstić information content (AvgIpc) is 3.27.